The quantitative estimate of drug-likeness (QED) is 0.545. The number of carbonyl (C=O) groups excluding carboxylic acids is 1. The third kappa shape index (κ3) is 2.63. The molecule has 5 heteroatoms. The van der Waals surface area contributed by atoms with Crippen molar-refractivity contribution in [3.63, 3.8) is 0 Å². The van der Waals surface area contributed by atoms with E-state index in [9.17, 15) is 9.90 Å². The molecule has 0 unspecified atom stereocenters. The monoisotopic (exact) mass is 249 g/mol. The van der Waals surface area contributed by atoms with E-state index >= 15 is 0 Å². The molecule has 1 fully saturated rings. The van der Waals surface area contributed by atoms with E-state index in [1.54, 1.807) is 24.1 Å². The number of rotatable bonds is 4. The van der Waals surface area contributed by atoms with Gasteiger partial charge in [-0.2, -0.15) is 0 Å². The normalized spacial score (nSPS) is 22.2. The Hall–Kier alpha value is -1.59. The molecule has 0 heterocycles. The molecule has 98 valence electrons. The number of hydrogen-bond acceptors (Lipinski definition) is 4. The standard InChI is InChI=1S/C13H19N3O2/c1-16(8-9-6-10(17)7-9)13(18)11-4-2-3-5-12(11)15-14/h2-5,9-10,15,17H,6-8,14H2,1H3. The van der Waals surface area contributed by atoms with Crippen molar-refractivity contribution >= 4 is 11.6 Å². The van der Waals surface area contributed by atoms with Crippen molar-refractivity contribution in [3.05, 3.63) is 29.8 Å². The highest BCUT2D eigenvalue weighted by atomic mass is 16.3. The zero-order chi connectivity index (χ0) is 13.1. The lowest BCUT2D eigenvalue weighted by Gasteiger charge is -2.34. The summed E-state index contributed by atoms with van der Waals surface area (Å²) in [5.41, 5.74) is 3.73. The average Bonchev–Trinajstić information content (AvgIpc) is 2.35. The molecule has 0 saturated heterocycles. The Morgan fingerprint density at radius 2 is 2.17 bits per heavy atom. The Bertz CT molecular complexity index is 430. The van der Waals surface area contributed by atoms with Crippen LogP contribution < -0.4 is 11.3 Å². The number of hydrogen-bond donors (Lipinski definition) is 3. The number of carbonyl (C=O) groups is 1. The number of aliphatic hydroxyl groups is 1. The number of para-hydroxylation sites is 1. The molecule has 18 heavy (non-hydrogen) atoms. The Balaban J connectivity index is 2.01. The summed E-state index contributed by atoms with van der Waals surface area (Å²) < 4.78 is 0. The molecular weight excluding hydrogens is 230 g/mol. The molecule has 0 aliphatic heterocycles. The number of anilines is 1. The second-order valence-electron chi connectivity index (χ2n) is 4.87. The zero-order valence-corrected chi connectivity index (χ0v) is 10.5. The van der Waals surface area contributed by atoms with Crippen LogP contribution in [0.5, 0.6) is 0 Å². The third-order valence-corrected chi connectivity index (χ3v) is 3.40. The van der Waals surface area contributed by atoms with Gasteiger partial charge in [-0.3, -0.25) is 10.6 Å². The second kappa shape index (κ2) is 5.37. The van der Waals surface area contributed by atoms with Crippen molar-refractivity contribution in [2.75, 3.05) is 19.0 Å². The number of nitrogen functional groups attached to an aromatic ring is 1. The van der Waals surface area contributed by atoms with Crippen LogP contribution in [-0.2, 0) is 0 Å². The maximum atomic E-state index is 12.2. The number of nitrogens with zero attached hydrogens (tertiary/aromatic N) is 1. The van der Waals surface area contributed by atoms with Crippen LogP contribution >= 0.6 is 0 Å². The van der Waals surface area contributed by atoms with Gasteiger partial charge in [0.15, 0.2) is 0 Å². The van der Waals surface area contributed by atoms with Crippen molar-refractivity contribution in [3.8, 4) is 0 Å². The molecule has 1 aliphatic rings. The minimum atomic E-state index is -0.184. The fourth-order valence-corrected chi connectivity index (χ4v) is 2.32. The lowest BCUT2D eigenvalue weighted by atomic mass is 9.82. The predicted molar refractivity (Wildman–Crippen MR) is 69.9 cm³/mol. The molecule has 1 aromatic carbocycles. The van der Waals surface area contributed by atoms with Gasteiger partial charge in [-0.15, -0.1) is 0 Å². The summed E-state index contributed by atoms with van der Waals surface area (Å²) in [6, 6.07) is 7.17. The van der Waals surface area contributed by atoms with Gasteiger partial charge < -0.3 is 15.4 Å². The molecular formula is C13H19N3O2. The molecule has 1 saturated carbocycles. The van der Waals surface area contributed by atoms with Gasteiger partial charge in [0.1, 0.15) is 0 Å². The van der Waals surface area contributed by atoms with E-state index in [4.69, 9.17) is 5.84 Å². The number of amides is 1. The molecule has 2 rings (SSSR count). The van der Waals surface area contributed by atoms with Crippen LogP contribution in [-0.4, -0.2) is 35.6 Å². The van der Waals surface area contributed by atoms with E-state index in [-0.39, 0.29) is 12.0 Å². The van der Waals surface area contributed by atoms with Gasteiger partial charge in [-0.25, -0.2) is 0 Å². The van der Waals surface area contributed by atoms with Crippen molar-refractivity contribution in [2.24, 2.45) is 11.8 Å². The van der Waals surface area contributed by atoms with E-state index in [1.807, 2.05) is 12.1 Å². The Labute approximate surface area is 107 Å². The lowest BCUT2D eigenvalue weighted by Crippen LogP contribution is -2.39. The Morgan fingerprint density at radius 3 is 2.78 bits per heavy atom. The fourth-order valence-electron chi connectivity index (χ4n) is 2.32. The van der Waals surface area contributed by atoms with E-state index in [0.29, 0.717) is 23.7 Å². The van der Waals surface area contributed by atoms with Crippen molar-refractivity contribution in [2.45, 2.75) is 18.9 Å². The van der Waals surface area contributed by atoms with Crippen molar-refractivity contribution < 1.29 is 9.90 Å². The number of nitrogens with two attached hydrogens (primary N) is 1. The molecule has 0 aromatic heterocycles. The summed E-state index contributed by atoms with van der Waals surface area (Å²) in [7, 11) is 1.78. The molecule has 0 bridgehead atoms. The summed E-state index contributed by atoms with van der Waals surface area (Å²) in [6.07, 6.45) is 1.39. The Kier molecular flexibility index (Phi) is 3.84. The van der Waals surface area contributed by atoms with Gasteiger partial charge >= 0.3 is 0 Å². The summed E-state index contributed by atoms with van der Waals surface area (Å²) >= 11 is 0. The highest BCUT2D eigenvalue weighted by Crippen LogP contribution is 2.28. The van der Waals surface area contributed by atoms with E-state index < -0.39 is 0 Å². The van der Waals surface area contributed by atoms with Gasteiger partial charge in [0.05, 0.1) is 17.4 Å². The number of nitrogens with one attached hydrogen (secondary N) is 1. The van der Waals surface area contributed by atoms with Gasteiger partial charge in [0.25, 0.3) is 5.91 Å². The first kappa shape index (κ1) is 12.9. The highest BCUT2D eigenvalue weighted by molar-refractivity contribution is 5.99. The minimum absolute atomic E-state index is 0.0510. The molecule has 0 atom stereocenters. The van der Waals surface area contributed by atoms with Crippen LogP contribution in [0.15, 0.2) is 24.3 Å². The topological polar surface area (TPSA) is 78.6 Å². The number of benzene rings is 1. The lowest BCUT2D eigenvalue weighted by molar-refractivity contribution is 0.0265. The first-order valence-electron chi connectivity index (χ1n) is 6.11. The van der Waals surface area contributed by atoms with Crippen LogP contribution in [0.3, 0.4) is 0 Å². The van der Waals surface area contributed by atoms with Crippen molar-refractivity contribution in [1.29, 1.82) is 0 Å². The molecule has 4 N–H and O–H groups in total. The van der Waals surface area contributed by atoms with Crippen LogP contribution in [0.2, 0.25) is 0 Å². The zero-order valence-electron chi connectivity index (χ0n) is 10.5. The highest BCUT2D eigenvalue weighted by Gasteiger charge is 2.29. The van der Waals surface area contributed by atoms with Crippen LogP contribution in [0.25, 0.3) is 0 Å². The predicted octanol–water partition coefficient (Wildman–Crippen LogP) is 0.815. The molecule has 0 spiro atoms. The van der Waals surface area contributed by atoms with Crippen LogP contribution in [0.1, 0.15) is 23.2 Å². The smallest absolute Gasteiger partial charge is 0.255 e. The Morgan fingerprint density at radius 1 is 1.50 bits per heavy atom. The summed E-state index contributed by atoms with van der Waals surface area (Å²) in [5.74, 6) is 5.75. The van der Waals surface area contributed by atoms with Crippen LogP contribution in [0.4, 0.5) is 5.69 Å². The van der Waals surface area contributed by atoms with E-state index in [2.05, 4.69) is 5.43 Å². The van der Waals surface area contributed by atoms with Gasteiger partial charge in [0, 0.05) is 13.6 Å². The SMILES string of the molecule is CN(CC1CC(O)C1)C(=O)c1ccccc1NN. The second-order valence-corrected chi connectivity index (χ2v) is 4.87. The van der Waals surface area contributed by atoms with E-state index in [1.165, 1.54) is 0 Å². The maximum absolute atomic E-state index is 12.2. The minimum Gasteiger partial charge on any atom is -0.393 e. The number of hydrazine groups is 1. The van der Waals surface area contributed by atoms with Gasteiger partial charge in [0.2, 0.25) is 0 Å². The molecule has 1 amide bonds. The third-order valence-electron chi connectivity index (χ3n) is 3.40. The molecule has 1 aliphatic carbocycles. The first-order valence-corrected chi connectivity index (χ1v) is 6.11. The molecule has 5 nitrogen and oxygen atoms in total. The van der Waals surface area contributed by atoms with Crippen LogP contribution in [0, 0.1) is 5.92 Å². The largest absolute Gasteiger partial charge is 0.393 e. The van der Waals surface area contributed by atoms with Gasteiger partial charge in [-0.1, -0.05) is 12.1 Å². The summed E-state index contributed by atoms with van der Waals surface area (Å²) in [5, 5.41) is 9.24. The molecule has 1 aromatic rings. The first-order chi connectivity index (χ1) is 8.61. The van der Waals surface area contributed by atoms with Crippen molar-refractivity contribution in [1.82, 2.24) is 4.90 Å². The van der Waals surface area contributed by atoms with Gasteiger partial charge in [-0.05, 0) is 30.9 Å². The summed E-state index contributed by atoms with van der Waals surface area (Å²) in [4.78, 5) is 13.9. The number of aliphatic hydroxyl groups excluding tert-OH is 1. The fraction of sp³-hybridized carbons (Fsp3) is 0.462. The molecule has 0 radical (unpaired) electrons. The summed E-state index contributed by atoms with van der Waals surface area (Å²) in [6.45, 7) is 0.675. The maximum Gasteiger partial charge on any atom is 0.255 e. The average molecular weight is 249 g/mol. The van der Waals surface area contributed by atoms with E-state index in [0.717, 1.165) is 12.8 Å².